The standard InChI is InChI=1S/C16H25N5O9/c17-7(4-12(24)25)15(28)21-3-1-2-10(21)14(27)19-8(5-11(18)23)13(26)20-9(6-22)16(29)30/h7-10,22H,1-6,17H2,(H2,18,23)(H,19,27)(H,20,26)(H,24,25)(H,29,30). The van der Waals surface area contributed by atoms with Crippen LogP contribution in [0.2, 0.25) is 0 Å². The molecule has 0 spiro atoms. The molecule has 14 heteroatoms. The summed E-state index contributed by atoms with van der Waals surface area (Å²) in [7, 11) is 0. The van der Waals surface area contributed by atoms with Crippen LogP contribution in [0, 0.1) is 0 Å². The van der Waals surface area contributed by atoms with E-state index in [0.717, 1.165) is 4.90 Å². The van der Waals surface area contributed by atoms with E-state index >= 15 is 0 Å². The Balaban J connectivity index is 2.90. The number of carbonyl (C=O) groups excluding carboxylic acids is 4. The molecule has 1 heterocycles. The fraction of sp³-hybridized carbons (Fsp3) is 0.625. The topological polar surface area (TPSA) is 242 Å². The first kappa shape index (κ1) is 24.8. The molecule has 0 aromatic rings. The Kier molecular flexibility index (Phi) is 9.14. The molecule has 0 radical (unpaired) electrons. The third kappa shape index (κ3) is 6.97. The van der Waals surface area contributed by atoms with Crippen LogP contribution in [-0.2, 0) is 28.8 Å². The summed E-state index contributed by atoms with van der Waals surface area (Å²) in [6.07, 6.45) is -0.665. The van der Waals surface area contributed by atoms with Gasteiger partial charge in [0.15, 0.2) is 0 Å². The molecular weight excluding hydrogens is 406 g/mol. The Bertz CT molecular complexity index is 713. The van der Waals surface area contributed by atoms with Gasteiger partial charge in [-0.3, -0.25) is 24.0 Å². The quantitative estimate of drug-likeness (QED) is 0.166. The van der Waals surface area contributed by atoms with Gasteiger partial charge in [0.25, 0.3) is 0 Å². The number of carbonyl (C=O) groups is 6. The summed E-state index contributed by atoms with van der Waals surface area (Å²) in [6, 6.07) is -5.63. The van der Waals surface area contributed by atoms with Crippen molar-refractivity contribution in [3.63, 3.8) is 0 Å². The van der Waals surface area contributed by atoms with Crippen LogP contribution in [0.5, 0.6) is 0 Å². The molecule has 168 valence electrons. The molecule has 1 aliphatic rings. The molecule has 1 fully saturated rings. The molecule has 0 bridgehead atoms. The molecule has 1 aliphatic heterocycles. The van der Waals surface area contributed by atoms with Gasteiger partial charge in [-0.1, -0.05) is 0 Å². The second-order valence-electron chi connectivity index (χ2n) is 6.71. The lowest BCUT2D eigenvalue weighted by atomic mass is 10.1. The highest BCUT2D eigenvalue weighted by molar-refractivity contribution is 5.96. The number of carboxylic acids is 2. The molecule has 30 heavy (non-hydrogen) atoms. The van der Waals surface area contributed by atoms with Crippen LogP contribution in [-0.4, -0.2) is 93.1 Å². The Morgan fingerprint density at radius 1 is 1.03 bits per heavy atom. The highest BCUT2D eigenvalue weighted by Gasteiger charge is 2.38. The second kappa shape index (κ2) is 11.1. The zero-order chi connectivity index (χ0) is 23.0. The predicted octanol–water partition coefficient (Wildman–Crippen LogP) is -4.30. The fourth-order valence-electron chi connectivity index (χ4n) is 2.93. The highest BCUT2D eigenvalue weighted by Crippen LogP contribution is 2.19. The van der Waals surface area contributed by atoms with Crippen molar-refractivity contribution in [2.45, 2.75) is 49.9 Å². The molecule has 4 unspecified atom stereocenters. The van der Waals surface area contributed by atoms with Crippen molar-refractivity contribution in [1.29, 1.82) is 0 Å². The van der Waals surface area contributed by atoms with Gasteiger partial charge in [0.1, 0.15) is 18.1 Å². The number of carboxylic acid groups (broad SMARTS) is 2. The number of rotatable bonds is 11. The third-order valence-corrected chi connectivity index (χ3v) is 4.39. The van der Waals surface area contributed by atoms with Crippen LogP contribution < -0.4 is 22.1 Å². The molecule has 1 saturated heterocycles. The summed E-state index contributed by atoms with van der Waals surface area (Å²) in [5, 5.41) is 30.9. The van der Waals surface area contributed by atoms with Crippen molar-refractivity contribution in [2.24, 2.45) is 11.5 Å². The number of aliphatic hydroxyl groups is 1. The number of aliphatic hydroxyl groups excluding tert-OH is 1. The number of nitrogens with two attached hydrogens (primary N) is 2. The molecular formula is C16H25N5O9. The monoisotopic (exact) mass is 431 g/mol. The number of primary amides is 1. The van der Waals surface area contributed by atoms with Crippen LogP contribution in [0.1, 0.15) is 25.7 Å². The molecule has 0 aliphatic carbocycles. The number of amides is 4. The average molecular weight is 431 g/mol. The van der Waals surface area contributed by atoms with Gasteiger partial charge < -0.3 is 42.3 Å². The molecule has 1 rings (SSSR count). The van der Waals surface area contributed by atoms with Crippen molar-refractivity contribution in [1.82, 2.24) is 15.5 Å². The first-order valence-corrected chi connectivity index (χ1v) is 8.98. The molecule has 9 N–H and O–H groups in total. The summed E-state index contributed by atoms with van der Waals surface area (Å²) in [4.78, 5) is 71.3. The van der Waals surface area contributed by atoms with E-state index in [1.54, 1.807) is 0 Å². The van der Waals surface area contributed by atoms with Gasteiger partial charge in [-0.2, -0.15) is 0 Å². The lowest BCUT2D eigenvalue weighted by Crippen LogP contribution is -2.57. The van der Waals surface area contributed by atoms with Crippen LogP contribution >= 0.6 is 0 Å². The van der Waals surface area contributed by atoms with Crippen LogP contribution in [0.25, 0.3) is 0 Å². The average Bonchev–Trinajstić information content (AvgIpc) is 3.13. The van der Waals surface area contributed by atoms with E-state index in [1.165, 1.54) is 0 Å². The zero-order valence-electron chi connectivity index (χ0n) is 15.9. The van der Waals surface area contributed by atoms with Gasteiger partial charge in [-0.25, -0.2) is 4.79 Å². The molecule has 0 saturated carbocycles. The molecule has 4 amide bonds. The number of aliphatic carboxylic acids is 2. The molecule has 4 atom stereocenters. The second-order valence-corrected chi connectivity index (χ2v) is 6.71. The third-order valence-electron chi connectivity index (χ3n) is 4.39. The van der Waals surface area contributed by atoms with Crippen molar-refractivity contribution in [2.75, 3.05) is 13.2 Å². The van der Waals surface area contributed by atoms with Gasteiger partial charge >= 0.3 is 11.9 Å². The summed E-state index contributed by atoms with van der Waals surface area (Å²) in [5.41, 5.74) is 10.6. The minimum absolute atomic E-state index is 0.141. The first-order valence-electron chi connectivity index (χ1n) is 8.98. The molecule has 0 aromatic carbocycles. The Labute approximate surface area is 170 Å². The minimum atomic E-state index is -1.66. The van der Waals surface area contributed by atoms with E-state index in [1.807, 2.05) is 5.32 Å². The van der Waals surface area contributed by atoms with Crippen molar-refractivity contribution < 1.29 is 44.1 Å². The lowest BCUT2D eigenvalue weighted by Gasteiger charge is -2.28. The minimum Gasteiger partial charge on any atom is -0.481 e. The van der Waals surface area contributed by atoms with Crippen LogP contribution in [0.15, 0.2) is 0 Å². The van der Waals surface area contributed by atoms with Gasteiger partial charge in [-0.15, -0.1) is 0 Å². The summed E-state index contributed by atoms with van der Waals surface area (Å²) >= 11 is 0. The van der Waals surface area contributed by atoms with Crippen molar-refractivity contribution in [3.05, 3.63) is 0 Å². The summed E-state index contributed by atoms with van der Waals surface area (Å²) in [6.45, 7) is -0.785. The lowest BCUT2D eigenvalue weighted by molar-refractivity contribution is -0.145. The maximum atomic E-state index is 12.6. The van der Waals surface area contributed by atoms with E-state index in [2.05, 4.69) is 5.32 Å². The Hall–Kier alpha value is -3.26. The maximum Gasteiger partial charge on any atom is 0.328 e. The number of hydrogen-bond donors (Lipinski definition) is 7. The van der Waals surface area contributed by atoms with Gasteiger partial charge in [-0.05, 0) is 12.8 Å². The predicted molar refractivity (Wildman–Crippen MR) is 97.4 cm³/mol. The molecule has 0 aromatic heterocycles. The van der Waals surface area contributed by atoms with Gasteiger partial charge in [0.2, 0.25) is 23.6 Å². The van der Waals surface area contributed by atoms with E-state index < -0.39 is 79.2 Å². The van der Waals surface area contributed by atoms with Gasteiger partial charge in [0, 0.05) is 6.54 Å². The number of nitrogens with one attached hydrogen (secondary N) is 2. The van der Waals surface area contributed by atoms with E-state index in [-0.39, 0.29) is 13.0 Å². The smallest absolute Gasteiger partial charge is 0.328 e. The number of hydrogen-bond acceptors (Lipinski definition) is 8. The zero-order valence-corrected chi connectivity index (χ0v) is 15.9. The van der Waals surface area contributed by atoms with Gasteiger partial charge in [0.05, 0.1) is 25.5 Å². The highest BCUT2D eigenvalue weighted by atomic mass is 16.4. The van der Waals surface area contributed by atoms with Crippen LogP contribution in [0.3, 0.4) is 0 Å². The Morgan fingerprint density at radius 2 is 1.67 bits per heavy atom. The van der Waals surface area contributed by atoms with Crippen LogP contribution in [0.4, 0.5) is 0 Å². The van der Waals surface area contributed by atoms with Crippen molar-refractivity contribution in [3.8, 4) is 0 Å². The Morgan fingerprint density at radius 3 is 2.17 bits per heavy atom. The number of likely N-dealkylation sites (tertiary alicyclic amines) is 1. The summed E-state index contributed by atoms with van der Waals surface area (Å²) in [5.74, 6) is -6.42. The van der Waals surface area contributed by atoms with Crippen molar-refractivity contribution >= 4 is 35.6 Å². The largest absolute Gasteiger partial charge is 0.481 e. The van der Waals surface area contributed by atoms with E-state index in [0.29, 0.717) is 6.42 Å². The maximum absolute atomic E-state index is 12.6. The van der Waals surface area contributed by atoms with E-state index in [9.17, 15) is 28.8 Å². The normalized spacial score (nSPS) is 18.7. The summed E-state index contributed by atoms with van der Waals surface area (Å²) < 4.78 is 0. The SMILES string of the molecule is NC(=O)CC(NC(=O)C1CCCN1C(=O)C(N)CC(=O)O)C(=O)NC(CO)C(=O)O. The molecule has 14 nitrogen and oxygen atoms in total. The van der Waals surface area contributed by atoms with E-state index in [4.69, 9.17) is 26.8 Å². The first-order chi connectivity index (χ1) is 14.0. The fourth-order valence-corrected chi connectivity index (χ4v) is 2.93. The number of nitrogens with zero attached hydrogens (tertiary/aromatic N) is 1.